The Morgan fingerprint density at radius 3 is 2.10 bits per heavy atom. The summed E-state index contributed by atoms with van der Waals surface area (Å²) in [5.74, 6) is -0.341. The van der Waals surface area contributed by atoms with Gasteiger partial charge in [0.05, 0.1) is 11.7 Å². The number of amides is 3. The van der Waals surface area contributed by atoms with Gasteiger partial charge >= 0.3 is 0 Å². The number of anilines is 1. The minimum absolute atomic E-state index is 0.0912. The van der Waals surface area contributed by atoms with Crippen LogP contribution in [0.15, 0.2) is 78.9 Å². The fraction of sp³-hybridized carbons (Fsp3) is 0.125. The van der Waals surface area contributed by atoms with E-state index in [1.807, 2.05) is 66.7 Å². The van der Waals surface area contributed by atoms with E-state index in [9.17, 15) is 14.4 Å². The van der Waals surface area contributed by atoms with Crippen molar-refractivity contribution >= 4 is 34.5 Å². The second-order valence-corrected chi connectivity index (χ2v) is 8.25. The first-order valence-corrected chi connectivity index (χ1v) is 10.5. The molecule has 3 aromatic rings. The Kier molecular flexibility index (Phi) is 5.95. The highest BCUT2D eigenvalue weighted by atomic mass is 32.2. The van der Waals surface area contributed by atoms with Crippen LogP contribution in [0.25, 0.3) is 11.1 Å². The van der Waals surface area contributed by atoms with Gasteiger partial charge in [-0.15, -0.1) is 0 Å². The number of hydrogen-bond donors (Lipinski definition) is 2. The molecular formula is C24H20N2O3S. The fourth-order valence-electron chi connectivity index (χ4n) is 3.30. The first-order valence-electron chi connectivity index (χ1n) is 9.61. The van der Waals surface area contributed by atoms with E-state index in [0.717, 1.165) is 34.0 Å². The van der Waals surface area contributed by atoms with Crippen LogP contribution in [0.2, 0.25) is 0 Å². The summed E-state index contributed by atoms with van der Waals surface area (Å²) in [7, 11) is 0. The van der Waals surface area contributed by atoms with Crippen molar-refractivity contribution in [2.45, 2.75) is 18.1 Å². The van der Waals surface area contributed by atoms with Gasteiger partial charge in [-0.25, -0.2) is 0 Å². The van der Waals surface area contributed by atoms with Crippen molar-refractivity contribution in [3.05, 3.63) is 90.0 Å². The molecule has 1 heterocycles. The first-order chi connectivity index (χ1) is 14.6. The summed E-state index contributed by atoms with van der Waals surface area (Å²) in [5.41, 5.74) is 4.84. The molecule has 150 valence electrons. The molecule has 0 aromatic heterocycles. The molecule has 2 N–H and O–H groups in total. The molecule has 3 amide bonds. The third kappa shape index (κ3) is 4.96. The van der Waals surface area contributed by atoms with E-state index in [2.05, 4.69) is 22.8 Å². The average Bonchev–Trinajstić information content (AvgIpc) is 3.07. The second kappa shape index (κ2) is 8.97. The van der Waals surface area contributed by atoms with Crippen LogP contribution < -0.4 is 10.6 Å². The zero-order valence-corrected chi connectivity index (χ0v) is 16.9. The van der Waals surface area contributed by atoms with Gasteiger partial charge < -0.3 is 5.32 Å². The van der Waals surface area contributed by atoms with Gasteiger partial charge in [0.15, 0.2) is 0 Å². The monoisotopic (exact) mass is 416 g/mol. The van der Waals surface area contributed by atoms with Crippen molar-refractivity contribution in [1.29, 1.82) is 0 Å². The summed E-state index contributed by atoms with van der Waals surface area (Å²) in [6.45, 7) is 0. The molecule has 0 saturated carbocycles. The number of imide groups is 1. The molecule has 0 aliphatic carbocycles. The number of hydrogen-bond acceptors (Lipinski definition) is 4. The van der Waals surface area contributed by atoms with E-state index in [4.69, 9.17) is 0 Å². The van der Waals surface area contributed by atoms with Crippen LogP contribution in [0.5, 0.6) is 0 Å². The number of rotatable bonds is 6. The fourth-order valence-corrected chi connectivity index (χ4v) is 4.16. The van der Waals surface area contributed by atoms with Gasteiger partial charge in [0.25, 0.3) is 5.24 Å². The van der Waals surface area contributed by atoms with Crippen molar-refractivity contribution in [2.75, 3.05) is 5.32 Å². The van der Waals surface area contributed by atoms with Crippen LogP contribution in [0.1, 0.15) is 11.1 Å². The van der Waals surface area contributed by atoms with E-state index in [1.165, 1.54) is 0 Å². The highest BCUT2D eigenvalue weighted by Gasteiger charge is 2.31. The lowest BCUT2D eigenvalue weighted by atomic mass is 10.0. The molecule has 1 aliphatic heterocycles. The SMILES string of the molecule is O=C(Cc1ccc(-c2ccccc2)cc1)Nc1ccc(CC2SC(=O)NC2=O)cc1. The highest BCUT2D eigenvalue weighted by molar-refractivity contribution is 8.15. The van der Waals surface area contributed by atoms with Crippen molar-refractivity contribution in [3.63, 3.8) is 0 Å². The van der Waals surface area contributed by atoms with E-state index >= 15 is 0 Å². The van der Waals surface area contributed by atoms with Gasteiger partial charge in [-0.05, 0) is 40.8 Å². The van der Waals surface area contributed by atoms with Crippen LogP contribution in [0.3, 0.4) is 0 Å². The summed E-state index contributed by atoms with van der Waals surface area (Å²) < 4.78 is 0. The van der Waals surface area contributed by atoms with Crippen molar-refractivity contribution in [3.8, 4) is 11.1 Å². The summed E-state index contributed by atoms with van der Waals surface area (Å²) in [4.78, 5) is 35.3. The van der Waals surface area contributed by atoms with Crippen molar-refractivity contribution in [1.82, 2.24) is 5.32 Å². The Balaban J connectivity index is 1.31. The molecule has 0 spiro atoms. The van der Waals surface area contributed by atoms with Crippen LogP contribution in [-0.2, 0) is 22.4 Å². The zero-order valence-electron chi connectivity index (χ0n) is 16.1. The van der Waals surface area contributed by atoms with Crippen LogP contribution >= 0.6 is 11.8 Å². The molecular weight excluding hydrogens is 396 g/mol. The summed E-state index contributed by atoms with van der Waals surface area (Å²) >= 11 is 1.01. The predicted octanol–water partition coefficient (Wildman–Crippen LogP) is 4.43. The summed E-state index contributed by atoms with van der Waals surface area (Å²) in [5, 5.41) is 4.49. The largest absolute Gasteiger partial charge is 0.326 e. The molecule has 1 atom stereocenters. The minimum atomic E-state index is -0.392. The predicted molar refractivity (Wildman–Crippen MR) is 119 cm³/mol. The zero-order chi connectivity index (χ0) is 20.9. The van der Waals surface area contributed by atoms with Gasteiger partial charge in [0, 0.05) is 5.69 Å². The van der Waals surface area contributed by atoms with Crippen molar-refractivity contribution < 1.29 is 14.4 Å². The van der Waals surface area contributed by atoms with Gasteiger partial charge in [-0.2, -0.15) is 0 Å². The molecule has 0 bridgehead atoms. The third-order valence-electron chi connectivity index (χ3n) is 4.85. The van der Waals surface area contributed by atoms with E-state index in [1.54, 1.807) is 0 Å². The Morgan fingerprint density at radius 1 is 0.833 bits per heavy atom. The number of carbonyl (C=O) groups is 3. The maximum Gasteiger partial charge on any atom is 0.286 e. The summed E-state index contributed by atoms with van der Waals surface area (Å²) in [6, 6.07) is 25.4. The average molecular weight is 417 g/mol. The number of thioether (sulfide) groups is 1. The van der Waals surface area contributed by atoms with Gasteiger partial charge in [-0.3, -0.25) is 19.7 Å². The Bertz CT molecular complexity index is 1060. The summed E-state index contributed by atoms with van der Waals surface area (Å²) in [6.07, 6.45) is 0.766. The maximum atomic E-state index is 12.4. The van der Waals surface area contributed by atoms with Gasteiger partial charge in [0.1, 0.15) is 0 Å². The van der Waals surface area contributed by atoms with Gasteiger partial charge in [0.2, 0.25) is 11.8 Å². The lowest BCUT2D eigenvalue weighted by molar-refractivity contribution is -0.119. The maximum absolute atomic E-state index is 12.4. The lowest BCUT2D eigenvalue weighted by Crippen LogP contribution is -2.25. The molecule has 1 fully saturated rings. The van der Waals surface area contributed by atoms with E-state index in [0.29, 0.717) is 12.1 Å². The lowest BCUT2D eigenvalue weighted by Gasteiger charge is -2.09. The molecule has 0 radical (unpaired) electrons. The van der Waals surface area contributed by atoms with Crippen LogP contribution in [0, 0.1) is 0 Å². The molecule has 1 saturated heterocycles. The first kappa shape index (κ1) is 19.9. The Morgan fingerprint density at radius 2 is 1.47 bits per heavy atom. The van der Waals surface area contributed by atoms with E-state index < -0.39 is 5.25 Å². The van der Waals surface area contributed by atoms with Crippen LogP contribution in [0.4, 0.5) is 10.5 Å². The Hall–Kier alpha value is -3.38. The number of nitrogens with one attached hydrogen (secondary N) is 2. The smallest absolute Gasteiger partial charge is 0.286 e. The quantitative estimate of drug-likeness (QED) is 0.623. The normalized spacial score (nSPS) is 15.7. The molecule has 6 heteroatoms. The number of benzene rings is 3. The molecule has 3 aromatic carbocycles. The van der Waals surface area contributed by atoms with Crippen molar-refractivity contribution in [2.24, 2.45) is 0 Å². The molecule has 1 aliphatic rings. The topological polar surface area (TPSA) is 75.3 Å². The van der Waals surface area contributed by atoms with E-state index in [-0.39, 0.29) is 23.5 Å². The van der Waals surface area contributed by atoms with Gasteiger partial charge in [-0.1, -0.05) is 78.5 Å². The molecule has 30 heavy (non-hydrogen) atoms. The third-order valence-corrected chi connectivity index (χ3v) is 5.83. The number of carbonyl (C=O) groups excluding carboxylic acids is 3. The molecule has 4 rings (SSSR count). The molecule has 1 unspecified atom stereocenters. The highest BCUT2D eigenvalue weighted by Crippen LogP contribution is 2.24. The van der Waals surface area contributed by atoms with Crippen LogP contribution in [-0.4, -0.2) is 22.3 Å². The standard InChI is InChI=1S/C24H20N2O3S/c27-22(15-17-6-10-19(11-7-17)18-4-2-1-3-5-18)25-20-12-8-16(9-13-20)14-21-23(28)26-24(29)30-21/h1-13,21H,14-15H2,(H,25,27)(H,26,28,29). The Labute approximate surface area is 178 Å². The molecule has 5 nitrogen and oxygen atoms in total. The minimum Gasteiger partial charge on any atom is -0.326 e. The second-order valence-electron chi connectivity index (χ2n) is 7.07.